The Labute approximate surface area is 102 Å². The average Bonchev–Trinajstić information content (AvgIpc) is 2.14. The lowest BCUT2D eigenvalue weighted by Gasteiger charge is -2.31. The number of hydrogen-bond acceptors (Lipinski definition) is 4. The highest BCUT2D eigenvalue weighted by molar-refractivity contribution is 5.95. The first-order valence-corrected chi connectivity index (χ1v) is 6.03. The molecule has 1 fully saturated rings. The van der Waals surface area contributed by atoms with Crippen LogP contribution in [0.3, 0.4) is 0 Å². The second kappa shape index (κ2) is 6.56. The first-order chi connectivity index (χ1) is 7.97. The SMILES string of the molecule is CC(C)NC(=O)NC(=O)CN1CCN[C@@H](C)C1. The predicted molar refractivity (Wildman–Crippen MR) is 65.7 cm³/mol. The summed E-state index contributed by atoms with van der Waals surface area (Å²) >= 11 is 0. The van der Waals surface area contributed by atoms with Crippen molar-refractivity contribution in [2.24, 2.45) is 0 Å². The van der Waals surface area contributed by atoms with Gasteiger partial charge in [0.2, 0.25) is 5.91 Å². The maximum Gasteiger partial charge on any atom is 0.321 e. The van der Waals surface area contributed by atoms with Gasteiger partial charge in [0.25, 0.3) is 0 Å². The van der Waals surface area contributed by atoms with Gasteiger partial charge in [-0.15, -0.1) is 0 Å². The van der Waals surface area contributed by atoms with Crippen molar-refractivity contribution < 1.29 is 9.59 Å². The molecule has 0 aliphatic carbocycles. The van der Waals surface area contributed by atoms with E-state index in [0.29, 0.717) is 6.04 Å². The first kappa shape index (κ1) is 13.9. The van der Waals surface area contributed by atoms with Crippen molar-refractivity contribution in [1.82, 2.24) is 20.9 Å². The van der Waals surface area contributed by atoms with Crippen molar-refractivity contribution in [2.75, 3.05) is 26.2 Å². The number of amides is 3. The number of carbonyl (C=O) groups is 2. The second-order valence-electron chi connectivity index (χ2n) is 4.77. The Bertz CT molecular complexity index is 281. The van der Waals surface area contributed by atoms with Crippen molar-refractivity contribution >= 4 is 11.9 Å². The van der Waals surface area contributed by atoms with Crippen LogP contribution in [0.15, 0.2) is 0 Å². The molecule has 3 N–H and O–H groups in total. The van der Waals surface area contributed by atoms with Crippen LogP contribution in [0.5, 0.6) is 0 Å². The highest BCUT2D eigenvalue weighted by atomic mass is 16.2. The Hall–Kier alpha value is -1.14. The van der Waals surface area contributed by atoms with Crippen molar-refractivity contribution in [2.45, 2.75) is 32.9 Å². The highest BCUT2D eigenvalue weighted by Crippen LogP contribution is 1.97. The zero-order valence-corrected chi connectivity index (χ0v) is 10.7. The summed E-state index contributed by atoms with van der Waals surface area (Å²) in [5.41, 5.74) is 0. The molecule has 0 aromatic carbocycles. The fraction of sp³-hybridized carbons (Fsp3) is 0.818. The molecule has 1 saturated heterocycles. The molecular formula is C11H22N4O2. The monoisotopic (exact) mass is 242 g/mol. The number of rotatable bonds is 3. The minimum absolute atomic E-state index is 0.0296. The largest absolute Gasteiger partial charge is 0.336 e. The number of carbonyl (C=O) groups excluding carboxylic acids is 2. The molecule has 6 heteroatoms. The quantitative estimate of drug-likeness (QED) is 0.624. The molecule has 98 valence electrons. The maximum atomic E-state index is 11.6. The van der Waals surface area contributed by atoms with Gasteiger partial charge in [0.1, 0.15) is 0 Å². The van der Waals surface area contributed by atoms with Crippen LogP contribution in [0.4, 0.5) is 4.79 Å². The summed E-state index contributed by atoms with van der Waals surface area (Å²) in [7, 11) is 0. The molecule has 6 nitrogen and oxygen atoms in total. The van der Waals surface area contributed by atoms with Gasteiger partial charge in [-0.05, 0) is 20.8 Å². The van der Waals surface area contributed by atoms with E-state index in [1.807, 2.05) is 18.7 Å². The molecule has 0 unspecified atom stereocenters. The van der Waals surface area contributed by atoms with E-state index in [1.54, 1.807) is 0 Å². The maximum absolute atomic E-state index is 11.6. The molecule has 1 aliphatic rings. The normalized spacial score (nSPS) is 21.3. The van der Waals surface area contributed by atoms with Gasteiger partial charge in [0.05, 0.1) is 6.54 Å². The average molecular weight is 242 g/mol. The molecule has 0 radical (unpaired) electrons. The highest BCUT2D eigenvalue weighted by Gasteiger charge is 2.18. The van der Waals surface area contributed by atoms with Gasteiger partial charge in [0.15, 0.2) is 0 Å². The summed E-state index contributed by atoms with van der Waals surface area (Å²) in [6.45, 7) is 8.60. The topological polar surface area (TPSA) is 73.5 Å². The van der Waals surface area contributed by atoms with Gasteiger partial charge in [0, 0.05) is 31.7 Å². The van der Waals surface area contributed by atoms with Crippen LogP contribution in [0.2, 0.25) is 0 Å². The Kier molecular flexibility index (Phi) is 5.37. The molecule has 0 saturated carbocycles. The summed E-state index contributed by atoms with van der Waals surface area (Å²) < 4.78 is 0. The number of nitrogens with zero attached hydrogens (tertiary/aromatic N) is 1. The van der Waals surface area contributed by atoms with E-state index in [2.05, 4.69) is 22.9 Å². The van der Waals surface area contributed by atoms with Gasteiger partial charge in [-0.3, -0.25) is 15.0 Å². The molecule has 0 spiro atoms. The number of nitrogens with one attached hydrogen (secondary N) is 3. The van der Waals surface area contributed by atoms with Crippen molar-refractivity contribution in [3.05, 3.63) is 0 Å². The molecule has 1 atom stereocenters. The second-order valence-corrected chi connectivity index (χ2v) is 4.77. The van der Waals surface area contributed by atoms with E-state index in [9.17, 15) is 9.59 Å². The Balaban J connectivity index is 2.26. The third kappa shape index (κ3) is 5.65. The molecule has 17 heavy (non-hydrogen) atoms. The van der Waals surface area contributed by atoms with Crippen LogP contribution in [0.25, 0.3) is 0 Å². The van der Waals surface area contributed by atoms with Gasteiger partial charge in [-0.25, -0.2) is 4.79 Å². The van der Waals surface area contributed by atoms with Crippen LogP contribution in [0, 0.1) is 0 Å². The summed E-state index contributed by atoms with van der Waals surface area (Å²) in [6, 6.07) is -0.00349. The number of urea groups is 1. The molecule has 0 bridgehead atoms. The van der Waals surface area contributed by atoms with Crippen molar-refractivity contribution in [3.63, 3.8) is 0 Å². The standard InChI is InChI=1S/C11H22N4O2/c1-8(2)13-11(17)14-10(16)7-15-5-4-12-9(3)6-15/h8-9,12H,4-7H2,1-3H3,(H2,13,14,16,17)/t9-/m0/s1. The smallest absolute Gasteiger partial charge is 0.321 e. The van der Waals surface area contributed by atoms with Crippen LogP contribution < -0.4 is 16.0 Å². The van der Waals surface area contributed by atoms with Gasteiger partial charge >= 0.3 is 6.03 Å². The Morgan fingerprint density at radius 1 is 1.47 bits per heavy atom. The summed E-state index contributed by atoms with van der Waals surface area (Å²) in [5, 5.41) is 8.24. The van der Waals surface area contributed by atoms with Crippen LogP contribution in [-0.4, -0.2) is 55.1 Å². The van der Waals surface area contributed by atoms with E-state index in [0.717, 1.165) is 19.6 Å². The molecule has 0 aromatic rings. The van der Waals surface area contributed by atoms with Crippen LogP contribution in [0.1, 0.15) is 20.8 Å². The van der Waals surface area contributed by atoms with Crippen molar-refractivity contribution in [3.8, 4) is 0 Å². The molecule has 1 heterocycles. The van der Waals surface area contributed by atoms with E-state index in [1.165, 1.54) is 0 Å². The van der Waals surface area contributed by atoms with E-state index >= 15 is 0 Å². The zero-order chi connectivity index (χ0) is 12.8. The number of imide groups is 1. The van der Waals surface area contributed by atoms with Crippen molar-refractivity contribution in [1.29, 1.82) is 0 Å². The van der Waals surface area contributed by atoms with Gasteiger partial charge in [-0.2, -0.15) is 0 Å². The minimum atomic E-state index is -0.423. The van der Waals surface area contributed by atoms with E-state index < -0.39 is 6.03 Å². The number of hydrogen-bond donors (Lipinski definition) is 3. The predicted octanol–water partition coefficient (Wildman–Crippen LogP) is -0.486. The fourth-order valence-corrected chi connectivity index (χ4v) is 1.82. The minimum Gasteiger partial charge on any atom is -0.336 e. The third-order valence-corrected chi connectivity index (χ3v) is 2.49. The lowest BCUT2D eigenvalue weighted by atomic mass is 10.2. The fourth-order valence-electron chi connectivity index (χ4n) is 1.82. The first-order valence-electron chi connectivity index (χ1n) is 6.03. The summed E-state index contributed by atoms with van der Waals surface area (Å²) in [6.07, 6.45) is 0. The van der Waals surface area contributed by atoms with Gasteiger partial charge < -0.3 is 10.6 Å². The lowest BCUT2D eigenvalue weighted by molar-refractivity contribution is -0.121. The lowest BCUT2D eigenvalue weighted by Crippen LogP contribution is -2.53. The number of piperazine rings is 1. The van der Waals surface area contributed by atoms with E-state index in [-0.39, 0.29) is 18.5 Å². The van der Waals surface area contributed by atoms with Gasteiger partial charge in [-0.1, -0.05) is 0 Å². The Morgan fingerprint density at radius 3 is 2.76 bits per heavy atom. The summed E-state index contributed by atoms with van der Waals surface area (Å²) in [5.74, 6) is -0.253. The summed E-state index contributed by atoms with van der Waals surface area (Å²) in [4.78, 5) is 24.9. The molecule has 3 amide bonds. The van der Waals surface area contributed by atoms with E-state index in [4.69, 9.17) is 0 Å². The van der Waals surface area contributed by atoms with Crippen LogP contribution in [-0.2, 0) is 4.79 Å². The zero-order valence-electron chi connectivity index (χ0n) is 10.7. The van der Waals surface area contributed by atoms with Crippen LogP contribution >= 0.6 is 0 Å². The molecule has 0 aromatic heterocycles. The molecular weight excluding hydrogens is 220 g/mol. The Morgan fingerprint density at radius 2 is 2.18 bits per heavy atom. The molecule has 1 rings (SSSR count). The third-order valence-electron chi connectivity index (χ3n) is 2.49. The molecule has 1 aliphatic heterocycles.